The van der Waals surface area contributed by atoms with E-state index in [4.69, 9.17) is 24.8 Å². The third-order valence-electron chi connectivity index (χ3n) is 3.50. The molecule has 1 rings (SSSR count). The summed E-state index contributed by atoms with van der Waals surface area (Å²) in [5.74, 6) is -1.12. The predicted octanol–water partition coefficient (Wildman–Crippen LogP) is -5.55. The van der Waals surface area contributed by atoms with Gasteiger partial charge in [0.1, 0.15) is 49.3 Å². The van der Waals surface area contributed by atoms with Gasteiger partial charge in [0.2, 0.25) is 0 Å². The highest BCUT2D eigenvalue weighted by Gasteiger charge is 2.46. The van der Waals surface area contributed by atoms with Crippen molar-refractivity contribution in [3.63, 3.8) is 0 Å². The fraction of sp³-hybridized carbons (Fsp3) is 0.917. The molecule has 8 N–H and O–H groups in total. The maximum atomic E-state index is 11.3. The second-order valence-electron chi connectivity index (χ2n) is 5.12. The first kappa shape index (κ1) is 20.3. The number of Topliss-reactive ketones (excluding diaryl/α,β-unsaturated/α-hetero) is 1. The van der Waals surface area contributed by atoms with Crippen LogP contribution in [0.2, 0.25) is 0 Å². The van der Waals surface area contributed by atoms with Crippen LogP contribution in [0.1, 0.15) is 0 Å². The average Bonchev–Trinajstić information content (AvgIpc) is 2.57. The lowest BCUT2D eigenvalue weighted by Gasteiger charge is -2.41. The summed E-state index contributed by atoms with van der Waals surface area (Å²) in [4.78, 5) is 11.3. The Hall–Kier alpha value is -0.730. The van der Waals surface area contributed by atoms with E-state index in [1.54, 1.807) is 0 Å². The molecule has 8 atom stereocenters. The Balaban J connectivity index is 2.91. The molecule has 0 saturated carbocycles. The minimum atomic E-state index is -2.05. The van der Waals surface area contributed by atoms with Crippen molar-refractivity contribution in [3.05, 3.63) is 0 Å². The first-order valence-electron chi connectivity index (χ1n) is 6.85. The Morgan fingerprint density at radius 2 is 1.65 bits per heavy atom. The van der Waals surface area contributed by atoms with Crippen LogP contribution in [-0.4, -0.2) is 115 Å². The van der Waals surface area contributed by atoms with E-state index in [1.165, 1.54) is 0 Å². The van der Waals surface area contributed by atoms with Gasteiger partial charge < -0.3 is 50.3 Å². The van der Waals surface area contributed by atoms with Gasteiger partial charge in [0.25, 0.3) is 0 Å². The van der Waals surface area contributed by atoms with Crippen LogP contribution in [0.3, 0.4) is 0 Å². The van der Waals surface area contributed by atoms with Gasteiger partial charge in [-0.15, -0.1) is 0 Å². The quantitative estimate of drug-likeness (QED) is 0.209. The Morgan fingerprint density at radius 1 is 1.04 bits per heavy atom. The molecule has 0 aromatic rings. The summed E-state index contributed by atoms with van der Waals surface area (Å²) < 4.78 is 10.1. The summed E-state index contributed by atoms with van der Waals surface area (Å²) in [6, 6.07) is 0. The van der Waals surface area contributed by atoms with Crippen molar-refractivity contribution in [2.24, 2.45) is 0 Å². The van der Waals surface area contributed by atoms with Gasteiger partial charge in [-0.25, -0.2) is 0 Å². The molecule has 1 saturated heterocycles. The van der Waals surface area contributed by atoms with E-state index in [-0.39, 0.29) is 0 Å². The number of carbonyl (C=O) groups is 1. The van der Waals surface area contributed by atoms with Crippen molar-refractivity contribution in [1.82, 2.24) is 0 Å². The summed E-state index contributed by atoms with van der Waals surface area (Å²) >= 11 is 0. The van der Waals surface area contributed by atoms with E-state index >= 15 is 0 Å². The van der Waals surface area contributed by atoms with Gasteiger partial charge in [-0.05, 0) is 0 Å². The topological polar surface area (TPSA) is 197 Å². The molecule has 1 fully saturated rings. The highest BCUT2D eigenvalue weighted by atomic mass is 16.7. The Labute approximate surface area is 130 Å². The van der Waals surface area contributed by atoms with E-state index in [9.17, 15) is 30.3 Å². The lowest BCUT2D eigenvalue weighted by atomic mass is 9.98. The number of aliphatic hydroxyl groups is 8. The highest BCUT2D eigenvalue weighted by molar-refractivity contribution is 5.84. The Bertz CT molecular complexity index is 376. The van der Waals surface area contributed by atoms with Crippen molar-refractivity contribution < 1.29 is 55.1 Å². The van der Waals surface area contributed by atoms with E-state index < -0.39 is 74.6 Å². The first-order chi connectivity index (χ1) is 10.8. The van der Waals surface area contributed by atoms with Gasteiger partial charge in [-0.1, -0.05) is 0 Å². The van der Waals surface area contributed by atoms with E-state index in [2.05, 4.69) is 0 Å². The van der Waals surface area contributed by atoms with Crippen molar-refractivity contribution in [2.45, 2.75) is 49.0 Å². The molecule has 1 heterocycles. The Morgan fingerprint density at radius 3 is 2.13 bits per heavy atom. The number of aliphatic hydroxyl groups excluding tert-OH is 8. The molecule has 23 heavy (non-hydrogen) atoms. The van der Waals surface area contributed by atoms with Gasteiger partial charge in [0.15, 0.2) is 12.1 Å². The van der Waals surface area contributed by atoms with Crippen LogP contribution >= 0.6 is 0 Å². The largest absolute Gasteiger partial charge is 0.394 e. The molecule has 0 aromatic heterocycles. The number of ether oxygens (including phenoxy) is 2. The van der Waals surface area contributed by atoms with Gasteiger partial charge in [0, 0.05) is 0 Å². The van der Waals surface area contributed by atoms with Crippen LogP contribution in [0, 0.1) is 0 Å². The molecule has 136 valence electrons. The van der Waals surface area contributed by atoms with Crippen LogP contribution in [0.5, 0.6) is 0 Å². The summed E-state index contributed by atoms with van der Waals surface area (Å²) in [6.07, 6.45) is -13.8. The molecule has 0 aliphatic carbocycles. The number of carbonyl (C=O) groups excluding carboxylic acids is 1. The standard InChI is InChI=1S/C12H22O11/c13-1-4(16)7(18)11(5(17)2-14)23-12-10(21)9(20)8(19)6(3-15)22-12/h5-15,17-21H,1-3H2/t5-,6-,7-,8+,9+,10+,11-,12+/m1/s1. The van der Waals surface area contributed by atoms with Crippen molar-refractivity contribution in [2.75, 3.05) is 19.8 Å². The maximum absolute atomic E-state index is 11.3. The molecule has 11 heteroatoms. The molecule has 0 radical (unpaired) electrons. The first-order valence-corrected chi connectivity index (χ1v) is 6.85. The third kappa shape index (κ3) is 4.64. The maximum Gasteiger partial charge on any atom is 0.189 e. The third-order valence-corrected chi connectivity index (χ3v) is 3.50. The number of hydrogen-bond acceptors (Lipinski definition) is 11. The molecule has 11 nitrogen and oxygen atoms in total. The molecule has 0 unspecified atom stereocenters. The lowest BCUT2D eigenvalue weighted by molar-refractivity contribution is -0.323. The van der Waals surface area contributed by atoms with Gasteiger partial charge in [-0.2, -0.15) is 0 Å². The van der Waals surface area contributed by atoms with Crippen LogP contribution in [0.25, 0.3) is 0 Å². The summed E-state index contributed by atoms with van der Waals surface area (Å²) in [6.45, 7) is -2.71. The second-order valence-corrected chi connectivity index (χ2v) is 5.12. The van der Waals surface area contributed by atoms with Crippen LogP contribution < -0.4 is 0 Å². The van der Waals surface area contributed by atoms with E-state index in [1.807, 2.05) is 0 Å². The molecule has 0 amide bonds. The molecule has 0 spiro atoms. The molecule has 0 aromatic carbocycles. The van der Waals surface area contributed by atoms with Gasteiger partial charge >= 0.3 is 0 Å². The molecular weight excluding hydrogens is 320 g/mol. The van der Waals surface area contributed by atoms with Gasteiger partial charge in [-0.3, -0.25) is 4.79 Å². The monoisotopic (exact) mass is 342 g/mol. The zero-order chi connectivity index (χ0) is 17.7. The summed E-state index contributed by atoms with van der Waals surface area (Å²) in [5, 5.41) is 75.1. The highest BCUT2D eigenvalue weighted by Crippen LogP contribution is 2.24. The Kier molecular flexibility index (Phi) is 7.89. The second kappa shape index (κ2) is 8.94. The number of ketones is 1. The van der Waals surface area contributed by atoms with Crippen molar-refractivity contribution >= 4 is 5.78 Å². The normalized spacial score (nSPS) is 35.6. The predicted molar refractivity (Wildman–Crippen MR) is 69.8 cm³/mol. The van der Waals surface area contributed by atoms with E-state index in [0.29, 0.717) is 0 Å². The molecular formula is C12H22O11. The number of rotatable bonds is 8. The SMILES string of the molecule is O=C(CO)[C@@H](O)[C@H](O[C@@H]1O[C@H](CO)[C@H](O)[C@H](O)[C@@H]1O)[C@H](O)CO. The van der Waals surface area contributed by atoms with Crippen molar-refractivity contribution in [1.29, 1.82) is 0 Å². The average molecular weight is 342 g/mol. The van der Waals surface area contributed by atoms with Crippen molar-refractivity contribution in [3.8, 4) is 0 Å². The van der Waals surface area contributed by atoms with Crippen LogP contribution in [-0.2, 0) is 14.3 Å². The number of hydrogen-bond donors (Lipinski definition) is 8. The van der Waals surface area contributed by atoms with Gasteiger partial charge in [0.05, 0.1) is 13.2 Å². The molecule has 0 bridgehead atoms. The zero-order valence-corrected chi connectivity index (χ0v) is 12.0. The molecule has 1 aliphatic rings. The lowest BCUT2D eigenvalue weighted by Crippen LogP contribution is -2.61. The zero-order valence-electron chi connectivity index (χ0n) is 12.0. The van der Waals surface area contributed by atoms with Crippen LogP contribution in [0.4, 0.5) is 0 Å². The fourth-order valence-corrected chi connectivity index (χ4v) is 2.09. The molecule has 1 aliphatic heterocycles. The smallest absolute Gasteiger partial charge is 0.189 e. The summed E-state index contributed by atoms with van der Waals surface area (Å²) in [5.41, 5.74) is 0. The minimum absolute atomic E-state index is 0.726. The summed E-state index contributed by atoms with van der Waals surface area (Å²) in [7, 11) is 0. The van der Waals surface area contributed by atoms with Crippen LogP contribution in [0.15, 0.2) is 0 Å². The fourth-order valence-electron chi connectivity index (χ4n) is 2.09. The minimum Gasteiger partial charge on any atom is -0.394 e. The van der Waals surface area contributed by atoms with E-state index in [0.717, 1.165) is 0 Å².